The van der Waals surface area contributed by atoms with Crippen LogP contribution in [0, 0.1) is 5.92 Å². The Hall–Kier alpha value is -2.53. The number of rotatable bonds is 9. The number of hydrogen-bond acceptors (Lipinski definition) is 1. The van der Waals surface area contributed by atoms with Crippen LogP contribution < -0.4 is 4.74 Å². The Balaban J connectivity index is 1.71. The summed E-state index contributed by atoms with van der Waals surface area (Å²) < 4.78 is 148. The third-order valence-electron chi connectivity index (χ3n) is 6.87. The third-order valence-corrected chi connectivity index (χ3v) is 6.87. The maximum atomic E-state index is 13.9. The highest BCUT2D eigenvalue weighted by molar-refractivity contribution is 5.64. The molecule has 0 bridgehead atoms. The van der Waals surface area contributed by atoms with Crippen molar-refractivity contribution in [3.63, 3.8) is 0 Å². The van der Waals surface area contributed by atoms with Gasteiger partial charge < -0.3 is 4.74 Å². The second kappa shape index (κ2) is 10.6. The molecule has 0 atom stereocenters. The number of benzene rings is 2. The summed E-state index contributed by atoms with van der Waals surface area (Å²) >= 11 is 0. The fourth-order valence-corrected chi connectivity index (χ4v) is 4.63. The van der Waals surface area contributed by atoms with Crippen molar-refractivity contribution in [1.29, 1.82) is 0 Å². The summed E-state index contributed by atoms with van der Waals surface area (Å²) in [4.78, 5) is 0. The van der Waals surface area contributed by atoms with Crippen LogP contribution in [-0.4, -0.2) is 30.1 Å². The fraction of sp³-hybridized carbons (Fsp3) is 0.538. The van der Waals surface area contributed by atoms with E-state index in [2.05, 4.69) is 11.7 Å². The molecule has 3 rings (SSSR count). The minimum atomic E-state index is -7.52. The van der Waals surface area contributed by atoms with Crippen molar-refractivity contribution < 1.29 is 53.0 Å². The summed E-state index contributed by atoms with van der Waals surface area (Å²) in [6.45, 7) is 2.16. The first-order valence-corrected chi connectivity index (χ1v) is 11.9. The smallest absolute Gasteiger partial charge is 0.428 e. The Morgan fingerprint density at radius 2 is 1.11 bits per heavy atom. The summed E-state index contributed by atoms with van der Waals surface area (Å²) in [5, 5.41) is 0. The first-order chi connectivity index (χ1) is 17.4. The normalized spacial score (nSPS) is 19.9. The van der Waals surface area contributed by atoms with Crippen LogP contribution in [0.25, 0.3) is 11.1 Å². The average molecular weight is 562 g/mol. The van der Waals surface area contributed by atoms with Gasteiger partial charge in [-0.05, 0) is 66.3 Å². The molecule has 0 radical (unpaired) electrons. The maximum absolute atomic E-state index is 13.9. The van der Waals surface area contributed by atoms with Crippen molar-refractivity contribution in [2.24, 2.45) is 5.92 Å². The zero-order chi connectivity index (χ0) is 28.6. The lowest BCUT2D eigenvalue weighted by atomic mass is 9.77. The number of ether oxygens (including phenoxy) is 1. The highest BCUT2D eigenvalue weighted by Gasteiger charge is 2.88. The van der Waals surface area contributed by atoms with E-state index in [0.717, 1.165) is 55.7 Å². The minimum absolute atomic E-state index is 0.402. The van der Waals surface area contributed by atoms with Gasteiger partial charge in [0, 0.05) is 0 Å². The Labute approximate surface area is 212 Å². The Bertz CT molecular complexity index is 1050. The van der Waals surface area contributed by atoms with Crippen LogP contribution in [0.15, 0.2) is 48.5 Å². The molecule has 1 aliphatic rings. The van der Waals surface area contributed by atoms with E-state index in [-0.39, 0.29) is 0 Å². The van der Waals surface area contributed by atoms with Crippen molar-refractivity contribution in [1.82, 2.24) is 0 Å². The van der Waals surface area contributed by atoms with Gasteiger partial charge in [0.1, 0.15) is 5.75 Å². The van der Waals surface area contributed by atoms with Crippen LogP contribution in [0.5, 0.6) is 5.75 Å². The summed E-state index contributed by atoms with van der Waals surface area (Å²) in [7, 11) is 0. The van der Waals surface area contributed by atoms with Gasteiger partial charge in [0.2, 0.25) is 0 Å². The molecule has 0 spiro atoms. The topological polar surface area (TPSA) is 9.23 Å². The largest absolute Gasteiger partial charge is 0.471 e. The Morgan fingerprint density at radius 1 is 0.632 bits per heavy atom. The third kappa shape index (κ3) is 5.59. The molecule has 0 aliphatic heterocycles. The molecule has 12 heteroatoms. The van der Waals surface area contributed by atoms with E-state index < -0.39 is 35.8 Å². The lowest BCUT2D eigenvalue weighted by Gasteiger charge is -2.36. The van der Waals surface area contributed by atoms with E-state index in [9.17, 15) is 48.3 Å². The van der Waals surface area contributed by atoms with Gasteiger partial charge in [-0.25, -0.2) is 0 Å². The van der Waals surface area contributed by atoms with Gasteiger partial charge in [0.25, 0.3) is 0 Å². The van der Waals surface area contributed by atoms with Crippen molar-refractivity contribution in [2.75, 3.05) is 0 Å². The van der Waals surface area contributed by atoms with E-state index in [0.29, 0.717) is 29.2 Å². The molecule has 0 saturated heterocycles. The molecule has 1 nitrogen and oxygen atoms in total. The average Bonchev–Trinajstić information content (AvgIpc) is 2.84. The van der Waals surface area contributed by atoms with E-state index in [1.807, 2.05) is 12.1 Å². The first kappa shape index (κ1) is 30.0. The van der Waals surface area contributed by atoms with Gasteiger partial charge in [-0.3, -0.25) is 0 Å². The number of halogens is 11. The molecule has 0 unspecified atom stereocenters. The molecule has 2 aromatic carbocycles. The Morgan fingerprint density at radius 3 is 1.55 bits per heavy atom. The first-order valence-electron chi connectivity index (χ1n) is 11.9. The van der Waals surface area contributed by atoms with Gasteiger partial charge in [-0.15, -0.1) is 0 Å². The molecule has 0 aromatic heterocycles. The summed E-state index contributed by atoms with van der Waals surface area (Å²) in [5.74, 6) is -22.2. The molecular formula is C26H25F11O. The number of hydrogen-bond donors (Lipinski definition) is 0. The van der Waals surface area contributed by atoms with Crippen LogP contribution in [0.2, 0.25) is 0 Å². The van der Waals surface area contributed by atoms with E-state index >= 15 is 0 Å². The SMILES string of the molecule is CCCC1CCC(c2ccc(-c3ccc(OC(F)(F)C(F)(F)C(F)(F)C(F)(F)C(F)(F)F)cc3)cc2)CC1. The zero-order valence-corrected chi connectivity index (χ0v) is 20.1. The van der Waals surface area contributed by atoms with Crippen LogP contribution >= 0.6 is 0 Å². The predicted octanol–water partition coefficient (Wildman–Crippen LogP) is 9.87. The molecule has 1 saturated carbocycles. The molecule has 0 amide bonds. The van der Waals surface area contributed by atoms with Crippen molar-refractivity contribution in [3.05, 3.63) is 54.1 Å². The summed E-state index contributed by atoms with van der Waals surface area (Å²) in [5.41, 5.74) is 2.13. The van der Waals surface area contributed by atoms with E-state index in [4.69, 9.17) is 0 Å². The highest BCUT2D eigenvalue weighted by atomic mass is 19.4. The highest BCUT2D eigenvalue weighted by Crippen LogP contribution is 2.57. The van der Waals surface area contributed by atoms with Crippen molar-refractivity contribution >= 4 is 0 Å². The number of alkyl halides is 11. The lowest BCUT2D eigenvalue weighted by Crippen LogP contribution is -2.67. The maximum Gasteiger partial charge on any atom is 0.471 e. The van der Waals surface area contributed by atoms with Gasteiger partial charge >= 0.3 is 30.1 Å². The van der Waals surface area contributed by atoms with Crippen LogP contribution in [-0.2, 0) is 0 Å². The van der Waals surface area contributed by atoms with Gasteiger partial charge in [0.05, 0.1) is 0 Å². The second-order valence-electron chi connectivity index (χ2n) is 9.49. The van der Waals surface area contributed by atoms with Gasteiger partial charge in [-0.1, -0.05) is 56.2 Å². The van der Waals surface area contributed by atoms with Gasteiger partial charge in [0.15, 0.2) is 0 Å². The van der Waals surface area contributed by atoms with Crippen LogP contribution in [0.3, 0.4) is 0 Å². The van der Waals surface area contributed by atoms with Crippen LogP contribution in [0.4, 0.5) is 48.3 Å². The fourth-order valence-electron chi connectivity index (χ4n) is 4.63. The molecule has 0 heterocycles. The van der Waals surface area contributed by atoms with Crippen molar-refractivity contribution in [3.8, 4) is 16.9 Å². The van der Waals surface area contributed by atoms with Crippen molar-refractivity contribution in [2.45, 2.75) is 81.4 Å². The summed E-state index contributed by atoms with van der Waals surface area (Å²) in [6.07, 6.45) is -6.87. The van der Waals surface area contributed by atoms with Gasteiger partial charge in [-0.2, -0.15) is 48.3 Å². The summed E-state index contributed by atoms with van der Waals surface area (Å²) in [6, 6.07) is 10.9. The van der Waals surface area contributed by atoms with E-state index in [1.165, 1.54) is 6.42 Å². The molecule has 212 valence electrons. The minimum Gasteiger partial charge on any atom is -0.428 e. The van der Waals surface area contributed by atoms with E-state index in [1.54, 1.807) is 12.1 Å². The molecule has 0 N–H and O–H groups in total. The lowest BCUT2D eigenvalue weighted by molar-refractivity contribution is -0.445. The molecule has 38 heavy (non-hydrogen) atoms. The standard InChI is InChI=1S/C26H25F11O/c1-2-3-16-4-6-17(7-5-16)18-8-10-19(11-9-18)20-12-14-21(15-13-20)38-26(36,37)24(31,32)22(27,28)23(29,30)25(33,34)35/h8-17H,2-7H2,1H3. The quantitative estimate of drug-likeness (QED) is 0.277. The predicted molar refractivity (Wildman–Crippen MR) is 118 cm³/mol. The zero-order valence-electron chi connectivity index (χ0n) is 20.1. The monoisotopic (exact) mass is 562 g/mol. The molecule has 1 fully saturated rings. The molecule has 1 aliphatic carbocycles. The Kier molecular flexibility index (Phi) is 8.34. The molecule has 2 aromatic rings. The molecular weight excluding hydrogens is 537 g/mol. The second-order valence-corrected chi connectivity index (χ2v) is 9.49. The van der Waals surface area contributed by atoms with Crippen LogP contribution in [0.1, 0.15) is 56.9 Å².